The van der Waals surface area contributed by atoms with Gasteiger partial charge in [0.2, 0.25) is 5.91 Å². The molecule has 0 aliphatic heterocycles. The summed E-state index contributed by atoms with van der Waals surface area (Å²) in [7, 11) is 3.33. The van der Waals surface area contributed by atoms with Gasteiger partial charge >= 0.3 is 6.09 Å². The monoisotopic (exact) mass is 451 g/mol. The number of anilines is 1. The van der Waals surface area contributed by atoms with Gasteiger partial charge in [-0.05, 0) is 55.2 Å². The molecular formula is C26H33N3O4. The molecule has 1 unspecified atom stereocenters. The molecule has 176 valence electrons. The molecule has 1 atom stereocenters. The van der Waals surface area contributed by atoms with Crippen molar-refractivity contribution in [3.05, 3.63) is 71.3 Å². The first-order valence-corrected chi connectivity index (χ1v) is 10.7. The van der Waals surface area contributed by atoms with Crippen LogP contribution in [0.5, 0.6) is 0 Å². The molecule has 33 heavy (non-hydrogen) atoms. The highest BCUT2D eigenvalue weighted by molar-refractivity contribution is 5.97. The fourth-order valence-corrected chi connectivity index (χ4v) is 3.19. The number of hydrogen-bond donors (Lipinski definition) is 2. The summed E-state index contributed by atoms with van der Waals surface area (Å²) in [6.07, 6.45) is 2.87. The topological polar surface area (TPSA) is 89.0 Å². The van der Waals surface area contributed by atoms with Gasteiger partial charge in [0.05, 0.1) is 12.5 Å². The minimum absolute atomic E-state index is 0.0826. The van der Waals surface area contributed by atoms with Crippen LogP contribution in [0, 0.1) is 0 Å². The Labute approximate surface area is 195 Å². The lowest BCUT2D eigenvalue weighted by Gasteiger charge is -2.22. The molecule has 2 N–H and O–H groups in total. The minimum atomic E-state index is -0.631. The molecule has 0 aromatic heterocycles. The average Bonchev–Trinajstić information content (AvgIpc) is 2.75. The van der Waals surface area contributed by atoms with E-state index in [2.05, 4.69) is 22.2 Å². The first-order chi connectivity index (χ1) is 15.7. The van der Waals surface area contributed by atoms with Crippen LogP contribution in [0.25, 0.3) is 6.08 Å². The molecule has 0 fully saturated rings. The van der Waals surface area contributed by atoms with Crippen LogP contribution in [0.1, 0.15) is 48.9 Å². The normalized spacial score (nSPS) is 12.3. The molecule has 0 bridgehead atoms. The number of rotatable bonds is 9. The number of methoxy groups -OCH3 is 1. The number of aliphatic imine (C=N–C) groups is 1. The summed E-state index contributed by atoms with van der Waals surface area (Å²) in [5.74, 6) is -0.879. The summed E-state index contributed by atoms with van der Waals surface area (Å²) >= 11 is 0. The van der Waals surface area contributed by atoms with Crippen molar-refractivity contribution in [3.63, 3.8) is 0 Å². The Hall–Kier alpha value is -3.45. The maximum absolute atomic E-state index is 13.3. The van der Waals surface area contributed by atoms with E-state index in [1.165, 1.54) is 0 Å². The van der Waals surface area contributed by atoms with Gasteiger partial charge < -0.3 is 20.1 Å². The van der Waals surface area contributed by atoms with Crippen LogP contribution < -0.4 is 10.6 Å². The Bertz CT molecular complexity index is 992. The molecular weight excluding hydrogens is 418 g/mol. The van der Waals surface area contributed by atoms with Crippen molar-refractivity contribution in [2.24, 2.45) is 4.99 Å². The highest BCUT2D eigenvalue weighted by Gasteiger charge is 2.24. The van der Waals surface area contributed by atoms with Crippen LogP contribution in [-0.4, -0.2) is 44.5 Å². The smallest absolute Gasteiger partial charge is 0.407 e. The van der Waals surface area contributed by atoms with Gasteiger partial charge in [-0.25, -0.2) is 4.79 Å². The lowest BCUT2D eigenvalue weighted by molar-refractivity contribution is -0.117. The summed E-state index contributed by atoms with van der Waals surface area (Å²) in [6, 6.07) is 13.1. The van der Waals surface area contributed by atoms with Crippen LogP contribution in [0.4, 0.5) is 10.5 Å². The molecule has 2 aromatic carbocycles. The van der Waals surface area contributed by atoms with Gasteiger partial charge in [0, 0.05) is 32.6 Å². The van der Waals surface area contributed by atoms with E-state index in [9.17, 15) is 9.59 Å². The molecule has 0 aliphatic carbocycles. The largest absolute Gasteiger partial charge is 0.444 e. The Morgan fingerprint density at radius 2 is 1.82 bits per heavy atom. The second-order valence-electron chi connectivity index (χ2n) is 8.53. The van der Waals surface area contributed by atoms with E-state index in [1.54, 1.807) is 47.2 Å². The molecule has 0 radical (unpaired) electrons. The number of hydrogen-bond acceptors (Lipinski definition) is 5. The van der Waals surface area contributed by atoms with Crippen molar-refractivity contribution >= 4 is 30.0 Å². The average molecular weight is 452 g/mol. The molecule has 0 spiro atoms. The predicted molar refractivity (Wildman–Crippen MR) is 133 cm³/mol. The standard InChI is InChI=1S/C26H33N3O4/c1-7-19-14-22(13-12-21(19)15-27-5)29-24(30)23(16-28-25(31)33-26(2,3)4)20-10-8-18(9-11-20)17-32-6/h7-15,23H,1,16-17H2,2-6H3,(H,28,31)(H,29,30). The maximum atomic E-state index is 13.3. The minimum Gasteiger partial charge on any atom is -0.444 e. The van der Waals surface area contributed by atoms with Crippen molar-refractivity contribution < 1.29 is 19.1 Å². The van der Waals surface area contributed by atoms with Crippen LogP contribution in [-0.2, 0) is 20.9 Å². The number of benzene rings is 2. The van der Waals surface area contributed by atoms with Gasteiger partial charge in [-0.3, -0.25) is 9.79 Å². The van der Waals surface area contributed by atoms with E-state index in [1.807, 2.05) is 42.5 Å². The van der Waals surface area contributed by atoms with Gasteiger partial charge in [0.1, 0.15) is 5.60 Å². The third-order valence-corrected chi connectivity index (χ3v) is 4.70. The van der Waals surface area contributed by atoms with E-state index in [0.29, 0.717) is 12.3 Å². The van der Waals surface area contributed by atoms with Crippen molar-refractivity contribution in [1.29, 1.82) is 0 Å². The van der Waals surface area contributed by atoms with Gasteiger partial charge in [-0.2, -0.15) is 0 Å². The van der Waals surface area contributed by atoms with Crippen molar-refractivity contribution in [2.45, 2.75) is 38.9 Å². The van der Waals surface area contributed by atoms with E-state index in [4.69, 9.17) is 9.47 Å². The number of amides is 2. The number of alkyl carbamates (subject to hydrolysis) is 1. The van der Waals surface area contributed by atoms with E-state index < -0.39 is 17.6 Å². The Morgan fingerprint density at radius 3 is 2.39 bits per heavy atom. The van der Waals surface area contributed by atoms with Crippen LogP contribution in [0.3, 0.4) is 0 Å². The fourth-order valence-electron chi connectivity index (χ4n) is 3.19. The van der Waals surface area contributed by atoms with Gasteiger partial charge in [-0.1, -0.05) is 43.0 Å². The molecule has 0 heterocycles. The zero-order chi connectivity index (χ0) is 24.4. The fraction of sp³-hybridized carbons (Fsp3) is 0.346. The molecule has 0 saturated heterocycles. The maximum Gasteiger partial charge on any atom is 0.407 e. The van der Waals surface area contributed by atoms with E-state index in [0.717, 1.165) is 22.3 Å². The highest BCUT2D eigenvalue weighted by atomic mass is 16.6. The Morgan fingerprint density at radius 1 is 1.12 bits per heavy atom. The third kappa shape index (κ3) is 8.20. The van der Waals surface area contributed by atoms with Gasteiger partial charge in [0.25, 0.3) is 0 Å². The lowest BCUT2D eigenvalue weighted by atomic mass is 9.96. The van der Waals surface area contributed by atoms with Crippen molar-refractivity contribution in [3.8, 4) is 0 Å². The Kier molecular flexibility index (Phi) is 9.36. The van der Waals surface area contributed by atoms with Crippen molar-refractivity contribution in [1.82, 2.24) is 5.32 Å². The second-order valence-corrected chi connectivity index (χ2v) is 8.53. The summed E-state index contributed by atoms with van der Waals surface area (Å²) in [6.45, 7) is 9.75. The third-order valence-electron chi connectivity index (χ3n) is 4.70. The molecule has 0 aliphatic rings. The first kappa shape index (κ1) is 25.8. The zero-order valence-corrected chi connectivity index (χ0v) is 20.0. The number of carbonyl (C=O) groups is 2. The van der Waals surface area contributed by atoms with E-state index >= 15 is 0 Å². The van der Waals surface area contributed by atoms with Gasteiger partial charge in [-0.15, -0.1) is 0 Å². The van der Waals surface area contributed by atoms with Crippen LogP contribution in [0.15, 0.2) is 54.0 Å². The molecule has 2 amide bonds. The lowest BCUT2D eigenvalue weighted by Crippen LogP contribution is -2.37. The second kappa shape index (κ2) is 12.0. The summed E-state index contributed by atoms with van der Waals surface area (Å²) < 4.78 is 10.5. The number of nitrogens with one attached hydrogen (secondary N) is 2. The summed E-state index contributed by atoms with van der Waals surface area (Å²) in [5, 5.41) is 5.66. The SMILES string of the molecule is C=Cc1cc(NC(=O)C(CNC(=O)OC(C)(C)C)c2ccc(COC)cc2)ccc1C=NC. The number of carbonyl (C=O) groups excluding carboxylic acids is 2. The summed E-state index contributed by atoms with van der Waals surface area (Å²) in [4.78, 5) is 29.5. The summed E-state index contributed by atoms with van der Waals surface area (Å²) in [5.41, 5.74) is 3.51. The molecule has 7 heteroatoms. The zero-order valence-electron chi connectivity index (χ0n) is 20.0. The van der Waals surface area contributed by atoms with Crippen molar-refractivity contribution in [2.75, 3.05) is 26.0 Å². The molecule has 0 saturated carbocycles. The number of nitrogens with zero attached hydrogens (tertiary/aromatic N) is 1. The molecule has 7 nitrogen and oxygen atoms in total. The number of ether oxygens (including phenoxy) is 2. The van der Waals surface area contributed by atoms with E-state index in [-0.39, 0.29) is 12.5 Å². The molecule has 2 aromatic rings. The molecule has 2 rings (SSSR count). The van der Waals surface area contributed by atoms with Crippen LogP contribution in [0.2, 0.25) is 0 Å². The van der Waals surface area contributed by atoms with Crippen LogP contribution >= 0.6 is 0 Å². The first-order valence-electron chi connectivity index (χ1n) is 10.7. The Balaban J connectivity index is 2.25. The predicted octanol–water partition coefficient (Wildman–Crippen LogP) is 4.77. The van der Waals surface area contributed by atoms with Gasteiger partial charge in [0.15, 0.2) is 0 Å². The quantitative estimate of drug-likeness (QED) is 0.538. The highest BCUT2D eigenvalue weighted by Crippen LogP contribution is 2.22.